The summed E-state index contributed by atoms with van der Waals surface area (Å²) in [4.78, 5) is 4.69. The number of ether oxygens (including phenoxy) is 1. The second kappa shape index (κ2) is 13.5. The Morgan fingerprint density at radius 2 is 1.93 bits per heavy atom. The average molecular weight is 486 g/mol. The van der Waals surface area contributed by atoms with Crippen LogP contribution in [0.1, 0.15) is 37.0 Å². The smallest absolute Gasteiger partial charge is 0.191 e. The number of hydrogen-bond acceptors (Lipinski definition) is 4. The zero-order valence-electron chi connectivity index (χ0n) is 16.4. The molecule has 8 heteroatoms. The molecule has 0 bridgehead atoms. The van der Waals surface area contributed by atoms with Gasteiger partial charge in [-0.15, -0.1) is 34.2 Å². The van der Waals surface area contributed by atoms with Gasteiger partial charge in [0.15, 0.2) is 11.8 Å². The van der Waals surface area contributed by atoms with E-state index in [0.717, 1.165) is 50.2 Å². The first-order valence-corrected chi connectivity index (χ1v) is 9.19. The molecule has 0 spiro atoms. The number of benzene rings is 1. The van der Waals surface area contributed by atoms with Gasteiger partial charge < -0.3 is 19.9 Å². The quantitative estimate of drug-likeness (QED) is 0.234. The SMILES string of the molecule is CCOCCCCNC(=NCc1ccccc1)NCc1nnc(C)n1C.I. The molecule has 0 fully saturated rings. The number of aliphatic imine (C=N–C) groups is 1. The van der Waals surface area contributed by atoms with Crippen LogP contribution in [0, 0.1) is 6.92 Å². The molecule has 0 radical (unpaired) electrons. The lowest BCUT2D eigenvalue weighted by molar-refractivity contribution is 0.143. The van der Waals surface area contributed by atoms with Crippen LogP contribution in [0.3, 0.4) is 0 Å². The van der Waals surface area contributed by atoms with Crippen molar-refractivity contribution < 1.29 is 4.74 Å². The molecule has 0 unspecified atom stereocenters. The summed E-state index contributed by atoms with van der Waals surface area (Å²) in [6.07, 6.45) is 2.07. The lowest BCUT2D eigenvalue weighted by Gasteiger charge is -2.12. The van der Waals surface area contributed by atoms with E-state index >= 15 is 0 Å². The second-order valence-electron chi connectivity index (χ2n) is 6.06. The molecule has 27 heavy (non-hydrogen) atoms. The van der Waals surface area contributed by atoms with Gasteiger partial charge in [0.1, 0.15) is 5.82 Å². The van der Waals surface area contributed by atoms with E-state index in [1.807, 2.05) is 43.7 Å². The highest BCUT2D eigenvalue weighted by Crippen LogP contribution is 2.01. The summed E-state index contributed by atoms with van der Waals surface area (Å²) in [5.74, 6) is 2.56. The predicted molar refractivity (Wildman–Crippen MR) is 119 cm³/mol. The number of halogens is 1. The minimum atomic E-state index is 0. The Hall–Kier alpha value is -1.68. The Morgan fingerprint density at radius 3 is 2.59 bits per heavy atom. The summed E-state index contributed by atoms with van der Waals surface area (Å²) in [5, 5.41) is 15.0. The molecule has 0 aliphatic heterocycles. The van der Waals surface area contributed by atoms with Crippen molar-refractivity contribution in [3.05, 3.63) is 47.5 Å². The summed E-state index contributed by atoms with van der Waals surface area (Å²) in [6.45, 7) is 7.61. The Kier molecular flexibility index (Phi) is 11.7. The maximum atomic E-state index is 5.38. The number of aromatic nitrogens is 3. The average Bonchev–Trinajstić information content (AvgIpc) is 2.99. The number of rotatable bonds is 10. The number of nitrogens with one attached hydrogen (secondary N) is 2. The molecule has 1 aromatic carbocycles. The van der Waals surface area contributed by atoms with Gasteiger partial charge in [-0.2, -0.15) is 0 Å². The van der Waals surface area contributed by atoms with Gasteiger partial charge in [-0.05, 0) is 32.3 Å². The maximum Gasteiger partial charge on any atom is 0.191 e. The fourth-order valence-corrected chi connectivity index (χ4v) is 2.38. The van der Waals surface area contributed by atoms with E-state index in [0.29, 0.717) is 13.1 Å². The molecule has 2 aromatic rings. The highest BCUT2D eigenvalue weighted by molar-refractivity contribution is 14.0. The summed E-state index contributed by atoms with van der Waals surface area (Å²) in [5.41, 5.74) is 1.18. The molecule has 1 aromatic heterocycles. The van der Waals surface area contributed by atoms with Gasteiger partial charge in [0.05, 0.1) is 13.1 Å². The Bertz CT molecular complexity index is 674. The highest BCUT2D eigenvalue weighted by Gasteiger charge is 2.06. The number of nitrogens with zero attached hydrogens (tertiary/aromatic N) is 4. The standard InChI is InChI=1S/C19H30N6O.HI/c1-4-26-13-9-8-12-20-19(21-14-17-10-6-5-7-11-17)22-15-18-24-23-16(2)25(18)3;/h5-7,10-11H,4,8-9,12-15H2,1-3H3,(H2,20,21,22);1H. The molecule has 1 heterocycles. The molecule has 7 nitrogen and oxygen atoms in total. The molecule has 0 amide bonds. The van der Waals surface area contributed by atoms with E-state index in [9.17, 15) is 0 Å². The van der Waals surface area contributed by atoms with E-state index in [4.69, 9.17) is 4.74 Å². The Balaban J connectivity index is 0.00000364. The third kappa shape index (κ3) is 8.70. The van der Waals surface area contributed by atoms with Crippen molar-refractivity contribution in [2.24, 2.45) is 12.0 Å². The number of hydrogen-bond donors (Lipinski definition) is 2. The zero-order chi connectivity index (χ0) is 18.6. The van der Waals surface area contributed by atoms with Crippen molar-refractivity contribution in [2.75, 3.05) is 19.8 Å². The lowest BCUT2D eigenvalue weighted by atomic mass is 10.2. The van der Waals surface area contributed by atoms with Crippen LogP contribution < -0.4 is 10.6 Å². The van der Waals surface area contributed by atoms with Crippen LogP contribution in [0.2, 0.25) is 0 Å². The largest absolute Gasteiger partial charge is 0.382 e. The van der Waals surface area contributed by atoms with Crippen molar-refractivity contribution in [2.45, 2.75) is 39.8 Å². The fourth-order valence-electron chi connectivity index (χ4n) is 2.38. The number of guanidine groups is 1. The fraction of sp³-hybridized carbons (Fsp3) is 0.526. The Labute approximate surface area is 179 Å². The van der Waals surface area contributed by atoms with Crippen molar-refractivity contribution in [3.8, 4) is 0 Å². The van der Waals surface area contributed by atoms with E-state index < -0.39 is 0 Å². The molecule has 2 rings (SSSR count). The first-order chi connectivity index (χ1) is 12.7. The molecular formula is C19H31IN6O. The van der Waals surface area contributed by atoms with Crippen LogP contribution in [-0.4, -0.2) is 40.5 Å². The van der Waals surface area contributed by atoms with Gasteiger partial charge in [0.25, 0.3) is 0 Å². The molecule has 0 aliphatic rings. The minimum absolute atomic E-state index is 0. The van der Waals surface area contributed by atoms with Gasteiger partial charge in [-0.3, -0.25) is 0 Å². The van der Waals surface area contributed by atoms with Gasteiger partial charge >= 0.3 is 0 Å². The van der Waals surface area contributed by atoms with E-state index in [1.54, 1.807) is 0 Å². The molecule has 2 N–H and O–H groups in total. The van der Waals surface area contributed by atoms with Crippen LogP contribution in [-0.2, 0) is 24.9 Å². The van der Waals surface area contributed by atoms with E-state index in [-0.39, 0.29) is 24.0 Å². The zero-order valence-corrected chi connectivity index (χ0v) is 18.8. The monoisotopic (exact) mass is 486 g/mol. The molecule has 0 atom stereocenters. The van der Waals surface area contributed by atoms with Gasteiger partial charge in [0, 0.05) is 26.8 Å². The Morgan fingerprint density at radius 1 is 1.15 bits per heavy atom. The normalized spacial score (nSPS) is 11.1. The van der Waals surface area contributed by atoms with Crippen LogP contribution in [0.4, 0.5) is 0 Å². The van der Waals surface area contributed by atoms with E-state index in [1.165, 1.54) is 5.56 Å². The van der Waals surface area contributed by atoms with Gasteiger partial charge in [0.2, 0.25) is 0 Å². The third-order valence-corrected chi connectivity index (χ3v) is 4.07. The van der Waals surface area contributed by atoms with Crippen LogP contribution >= 0.6 is 24.0 Å². The second-order valence-corrected chi connectivity index (χ2v) is 6.06. The maximum absolute atomic E-state index is 5.38. The van der Waals surface area contributed by atoms with Gasteiger partial charge in [-0.1, -0.05) is 30.3 Å². The summed E-state index contributed by atoms with van der Waals surface area (Å²) < 4.78 is 7.35. The van der Waals surface area contributed by atoms with E-state index in [2.05, 4.69) is 38.0 Å². The summed E-state index contributed by atoms with van der Waals surface area (Å²) in [6, 6.07) is 10.2. The highest BCUT2D eigenvalue weighted by atomic mass is 127. The van der Waals surface area contributed by atoms with Crippen LogP contribution in [0.25, 0.3) is 0 Å². The molecule has 0 aliphatic carbocycles. The molecule has 0 saturated carbocycles. The summed E-state index contributed by atoms with van der Waals surface area (Å²) >= 11 is 0. The van der Waals surface area contributed by atoms with Gasteiger partial charge in [-0.25, -0.2) is 4.99 Å². The van der Waals surface area contributed by atoms with Crippen molar-refractivity contribution >= 4 is 29.9 Å². The van der Waals surface area contributed by atoms with Crippen molar-refractivity contribution in [3.63, 3.8) is 0 Å². The minimum Gasteiger partial charge on any atom is -0.382 e. The third-order valence-electron chi connectivity index (χ3n) is 4.07. The first-order valence-electron chi connectivity index (χ1n) is 9.19. The van der Waals surface area contributed by atoms with Crippen molar-refractivity contribution in [1.82, 2.24) is 25.4 Å². The topological polar surface area (TPSA) is 76.4 Å². The molecule has 0 saturated heterocycles. The molecule has 150 valence electrons. The lowest BCUT2D eigenvalue weighted by Crippen LogP contribution is -2.38. The van der Waals surface area contributed by atoms with Crippen LogP contribution in [0.15, 0.2) is 35.3 Å². The first kappa shape index (κ1) is 23.4. The number of aryl methyl sites for hydroxylation is 1. The van der Waals surface area contributed by atoms with Crippen LogP contribution in [0.5, 0.6) is 0 Å². The number of unbranched alkanes of at least 4 members (excludes halogenated alkanes) is 1. The van der Waals surface area contributed by atoms with Crippen molar-refractivity contribution in [1.29, 1.82) is 0 Å². The predicted octanol–water partition coefficient (Wildman–Crippen LogP) is 2.79. The summed E-state index contributed by atoms with van der Waals surface area (Å²) in [7, 11) is 1.97. The molecular weight excluding hydrogens is 455 g/mol.